The lowest BCUT2D eigenvalue weighted by Gasteiger charge is -2.14. The van der Waals surface area contributed by atoms with Crippen LogP contribution in [0, 0.1) is 17.6 Å². The number of nitrogens with zero attached hydrogens (tertiary/aromatic N) is 2. The van der Waals surface area contributed by atoms with Crippen molar-refractivity contribution < 1.29 is 31.5 Å². The number of ether oxygens (including phenoxy) is 1. The molecule has 0 spiro atoms. The first kappa shape index (κ1) is 28.4. The first-order chi connectivity index (χ1) is 17.9. The van der Waals surface area contributed by atoms with E-state index in [1.54, 1.807) is 25.1 Å². The average Bonchev–Trinajstić information content (AvgIpc) is 2.85. The zero-order chi connectivity index (χ0) is 28.0. The summed E-state index contributed by atoms with van der Waals surface area (Å²) < 4.78 is 61.1. The molecule has 0 fully saturated rings. The fourth-order valence-electron chi connectivity index (χ4n) is 3.38. The van der Waals surface area contributed by atoms with Crippen molar-refractivity contribution in [2.24, 2.45) is 10.9 Å². The minimum Gasteiger partial charge on any atom is -0.480 e. The molecule has 0 aliphatic carbocycles. The number of rotatable bonds is 11. The number of hydrogen-bond donors (Lipinski definition) is 2. The lowest BCUT2D eigenvalue weighted by molar-refractivity contribution is -0.119. The first-order valence-corrected chi connectivity index (χ1v) is 12.8. The van der Waals surface area contributed by atoms with Gasteiger partial charge < -0.3 is 10.1 Å². The molecule has 1 atom stereocenters. The molecule has 38 heavy (non-hydrogen) atoms. The molecule has 9 nitrogen and oxygen atoms in total. The normalized spacial score (nSPS) is 12.3. The number of hydrogen-bond acceptors (Lipinski definition) is 7. The predicted molar refractivity (Wildman–Crippen MR) is 140 cm³/mol. The van der Waals surface area contributed by atoms with E-state index in [9.17, 15) is 26.8 Å². The number of pyridine rings is 1. The van der Waals surface area contributed by atoms with Gasteiger partial charge in [-0.3, -0.25) is 19.3 Å². The van der Waals surface area contributed by atoms with Gasteiger partial charge in [0.15, 0.2) is 10.7 Å². The van der Waals surface area contributed by atoms with Gasteiger partial charge in [-0.25, -0.2) is 22.2 Å². The van der Waals surface area contributed by atoms with Gasteiger partial charge in [0.2, 0.25) is 5.88 Å². The van der Waals surface area contributed by atoms with Gasteiger partial charge in [-0.1, -0.05) is 19.1 Å². The monoisotopic (exact) mass is 544 g/mol. The molecule has 2 N–H and O–H groups in total. The highest BCUT2D eigenvalue weighted by molar-refractivity contribution is 7.92. The molecule has 1 heterocycles. The van der Waals surface area contributed by atoms with Gasteiger partial charge in [-0.15, -0.1) is 0 Å². The Labute approximate surface area is 219 Å². The molecule has 2 aromatic carbocycles. The molecule has 1 aromatic heterocycles. The molecule has 3 aromatic rings. The van der Waals surface area contributed by atoms with Crippen molar-refractivity contribution in [2.75, 3.05) is 23.7 Å². The number of Topliss-reactive ketones (excluding diaryl/α,β-unsaturated/α-hetero) is 2. The molecule has 0 saturated heterocycles. The minimum atomic E-state index is -4.68. The van der Waals surface area contributed by atoms with Crippen molar-refractivity contribution in [3.63, 3.8) is 0 Å². The Morgan fingerprint density at radius 1 is 1.08 bits per heavy atom. The Bertz CT molecular complexity index is 1490. The van der Waals surface area contributed by atoms with Crippen LogP contribution in [0.15, 0.2) is 58.5 Å². The predicted octanol–water partition coefficient (Wildman–Crippen LogP) is 4.70. The van der Waals surface area contributed by atoms with Crippen LogP contribution in [0.5, 0.6) is 5.88 Å². The molecule has 200 valence electrons. The van der Waals surface area contributed by atoms with Crippen LogP contribution in [0.4, 0.5) is 20.2 Å². The van der Waals surface area contributed by atoms with Crippen molar-refractivity contribution in [3.05, 3.63) is 65.9 Å². The summed E-state index contributed by atoms with van der Waals surface area (Å²) in [7, 11) is -3.42. The van der Waals surface area contributed by atoms with E-state index in [4.69, 9.17) is 4.74 Å². The molecule has 3 rings (SSSR count). The van der Waals surface area contributed by atoms with Crippen LogP contribution < -0.4 is 14.8 Å². The van der Waals surface area contributed by atoms with Gasteiger partial charge in [-0.2, -0.15) is 0 Å². The number of sulfonamides is 1. The van der Waals surface area contributed by atoms with Gasteiger partial charge in [0.05, 0.1) is 25.7 Å². The van der Waals surface area contributed by atoms with E-state index in [-0.39, 0.29) is 29.1 Å². The van der Waals surface area contributed by atoms with E-state index in [1.807, 2.05) is 0 Å². The second-order valence-electron chi connectivity index (χ2n) is 8.40. The summed E-state index contributed by atoms with van der Waals surface area (Å²) in [5.74, 6) is -3.10. The molecule has 0 amide bonds. The number of carbonyl (C=O) groups is 2. The van der Waals surface area contributed by atoms with Crippen LogP contribution in [0.3, 0.4) is 0 Å². The number of halogens is 2. The Morgan fingerprint density at radius 2 is 1.76 bits per heavy atom. The average molecular weight is 545 g/mol. The topological polar surface area (TPSA) is 127 Å². The molecule has 0 aliphatic heterocycles. The zero-order valence-electron chi connectivity index (χ0n) is 21.1. The van der Waals surface area contributed by atoms with Crippen molar-refractivity contribution in [1.29, 1.82) is 0 Å². The Morgan fingerprint density at radius 3 is 2.37 bits per heavy atom. The number of ketones is 2. The summed E-state index contributed by atoms with van der Waals surface area (Å²) in [6.07, 6.45) is 2.81. The lowest BCUT2D eigenvalue weighted by Crippen LogP contribution is -2.17. The Balaban J connectivity index is 1.94. The van der Waals surface area contributed by atoms with Crippen LogP contribution in [-0.2, 0) is 14.8 Å². The van der Waals surface area contributed by atoms with E-state index >= 15 is 0 Å². The second-order valence-corrected chi connectivity index (χ2v) is 10.0. The van der Waals surface area contributed by atoms with Crippen molar-refractivity contribution in [2.45, 2.75) is 25.7 Å². The third-order valence-electron chi connectivity index (χ3n) is 5.59. The summed E-state index contributed by atoms with van der Waals surface area (Å²) in [6.45, 7) is 4.93. The fraction of sp³-hybridized carbons (Fsp3) is 0.231. The first-order valence-electron chi connectivity index (χ1n) is 11.4. The molecule has 0 aliphatic rings. The van der Waals surface area contributed by atoms with Crippen LogP contribution in [0.1, 0.15) is 31.1 Å². The largest absolute Gasteiger partial charge is 0.480 e. The molecular formula is C26H26F2N4O5S. The highest BCUT2D eigenvalue weighted by atomic mass is 32.2. The highest BCUT2D eigenvalue weighted by Gasteiger charge is 2.25. The number of aromatic nitrogens is 1. The van der Waals surface area contributed by atoms with Crippen molar-refractivity contribution >= 4 is 39.3 Å². The van der Waals surface area contributed by atoms with Crippen LogP contribution in [0.2, 0.25) is 0 Å². The minimum absolute atomic E-state index is 0.0183. The van der Waals surface area contributed by atoms with Crippen LogP contribution in [-0.4, -0.2) is 45.0 Å². The van der Waals surface area contributed by atoms with Gasteiger partial charge >= 0.3 is 0 Å². The Kier molecular flexibility index (Phi) is 8.89. The standard InChI is InChI=1S/C26H26F2N4O5S/c1-15(16(2)33)12-29-14-31-23-9-8-18(10-20(23)17(3)34)19-11-24(26(37-4)30-13-19)32-38(35,36)25-21(27)6-5-7-22(25)28/h5-11,13-15,32H,12H2,1-4H3,(H,29,31). The summed E-state index contributed by atoms with van der Waals surface area (Å²) >= 11 is 0. The fourth-order valence-corrected chi connectivity index (χ4v) is 4.56. The van der Waals surface area contributed by atoms with E-state index in [2.05, 4.69) is 20.0 Å². The van der Waals surface area contributed by atoms with Gasteiger partial charge in [0.25, 0.3) is 10.0 Å². The van der Waals surface area contributed by atoms with E-state index in [0.29, 0.717) is 28.9 Å². The van der Waals surface area contributed by atoms with E-state index in [1.165, 1.54) is 39.6 Å². The van der Waals surface area contributed by atoms with Gasteiger partial charge in [0.1, 0.15) is 23.1 Å². The van der Waals surface area contributed by atoms with Crippen molar-refractivity contribution in [1.82, 2.24) is 4.98 Å². The molecular weight excluding hydrogens is 518 g/mol. The molecule has 0 saturated carbocycles. The molecule has 0 bridgehead atoms. The summed E-state index contributed by atoms with van der Waals surface area (Å²) in [5, 5.41) is 2.93. The maximum atomic E-state index is 14.2. The van der Waals surface area contributed by atoms with E-state index in [0.717, 1.165) is 18.2 Å². The number of carbonyl (C=O) groups excluding carboxylic acids is 2. The number of methoxy groups -OCH3 is 1. The van der Waals surface area contributed by atoms with E-state index < -0.39 is 26.6 Å². The SMILES string of the molecule is COc1ncc(-c2ccc(NC=NCC(C)C(C)=O)c(C(C)=O)c2)cc1NS(=O)(=O)c1c(F)cccc1F. The third kappa shape index (κ3) is 6.57. The summed E-state index contributed by atoms with van der Waals surface area (Å²) in [5.41, 5.74) is 1.54. The number of nitrogens with one attached hydrogen (secondary N) is 2. The van der Waals surface area contributed by atoms with Gasteiger partial charge in [0, 0.05) is 23.2 Å². The Hall–Kier alpha value is -4.19. The quantitative estimate of drug-likeness (QED) is 0.203. The second kappa shape index (κ2) is 11.9. The highest BCUT2D eigenvalue weighted by Crippen LogP contribution is 2.32. The maximum absolute atomic E-state index is 14.2. The molecule has 12 heteroatoms. The van der Waals surface area contributed by atoms with Gasteiger partial charge in [-0.05, 0) is 49.7 Å². The third-order valence-corrected chi connectivity index (χ3v) is 7.01. The molecule has 1 unspecified atom stereocenters. The summed E-state index contributed by atoms with van der Waals surface area (Å²) in [6, 6.07) is 8.96. The number of anilines is 2. The van der Waals surface area contributed by atoms with Crippen molar-refractivity contribution in [3.8, 4) is 17.0 Å². The number of benzene rings is 2. The smallest absolute Gasteiger partial charge is 0.267 e. The zero-order valence-corrected chi connectivity index (χ0v) is 21.9. The molecule has 0 radical (unpaired) electrons. The van der Waals surface area contributed by atoms with Crippen LogP contribution in [0.25, 0.3) is 11.1 Å². The lowest BCUT2D eigenvalue weighted by atomic mass is 10.0. The van der Waals surface area contributed by atoms with Crippen LogP contribution >= 0.6 is 0 Å². The summed E-state index contributed by atoms with van der Waals surface area (Å²) in [4.78, 5) is 30.8. The number of aliphatic imine (C=N–C) groups is 1. The maximum Gasteiger partial charge on any atom is 0.267 e.